The number of para-hydroxylation sites is 1. The molecule has 2 bridgehead atoms. The van der Waals surface area contributed by atoms with Crippen molar-refractivity contribution in [3.05, 3.63) is 70.2 Å². The van der Waals surface area contributed by atoms with E-state index in [1.165, 1.54) is 19.8 Å². The molecule has 5 fully saturated rings. The highest BCUT2D eigenvalue weighted by Gasteiger charge is 2.48. The smallest absolute Gasteiger partial charge is 0.329 e. The number of fused-ring (bicyclic) bond motifs is 4. The number of piperidine rings is 2. The summed E-state index contributed by atoms with van der Waals surface area (Å²) in [7, 11) is 10.7. The van der Waals surface area contributed by atoms with Gasteiger partial charge in [0.1, 0.15) is 24.0 Å². The van der Waals surface area contributed by atoms with Crippen molar-refractivity contribution in [2.45, 2.75) is 92.1 Å². The average molecular weight is 913 g/mol. The van der Waals surface area contributed by atoms with Gasteiger partial charge in [0.25, 0.3) is 12.3 Å². The lowest BCUT2D eigenvalue weighted by Crippen LogP contribution is -2.50. The van der Waals surface area contributed by atoms with Crippen LogP contribution in [0, 0.1) is 17.8 Å². The quantitative estimate of drug-likeness (QED) is 0.110. The minimum Gasteiger partial charge on any atom is -0.374 e. The molecule has 4 aromatic heterocycles. The number of alkyl halides is 2. The van der Waals surface area contributed by atoms with Crippen LogP contribution in [-0.2, 0) is 26.1 Å². The zero-order chi connectivity index (χ0) is 46.9. The maximum Gasteiger partial charge on any atom is 0.329 e. The first kappa shape index (κ1) is 45.1. The maximum absolute atomic E-state index is 14.6. The minimum absolute atomic E-state index is 0.0237. The van der Waals surface area contributed by atoms with Gasteiger partial charge in [-0.3, -0.25) is 33.5 Å². The summed E-state index contributed by atoms with van der Waals surface area (Å²) in [6.07, 6.45) is 6.58. The number of imide groups is 1. The molecule has 4 aliphatic heterocycles. The van der Waals surface area contributed by atoms with Crippen molar-refractivity contribution in [1.82, 2.24) is 43.7 Å². The number of benzene rings is 1. The molecular formula is C44H53B4F2N11O6. The lowest BCUT2D eigenvalue weighted by molar-refractivity contribution is -0.135. The molecule has 1 aromatic carbocycles. The van der Waals surface area contributed by atoms with Crippen LogP contribution in [-0.4, -0.2) is 145 Å². The number of halogens is 2. The number of hydrogen-bond donors (Lipinski definition) is 2. The highest BCUT2D eigenvalue weighted by molar-refractivity contribution is 6.45. The van der Waals surface area contributed by atoms with E-state index in [9.17, 15) is 28.0 Å². The van der Waals surface area contributed by atoms with E-state index >= 15 is 0 Å². The molecule has 2 N–H and O–H groups in total. The monoisotopic (exact) mass is 913 g/mol. The Morgan fingerprint density at radius 2 is 1.85 bits per heavy atom. The van der Waals surface area contributed by atoms with Gasteiger partial charge in [0.2, 0.25) is 11.8 Å². The van der Waals surface area contributed by atoms with Gasteiger partial charge in [0.05, 0.1) is 90.8 Å². The summed E-state index contributed by atoms with van der Waals surface area (Å²) in [5.74, 6) is 5.96. The van der Waals surface area contributed by atoms with Gasteiger partial charge in [-0.15, -0.1) is 0 Å². The molecule has 3 atom stereocenters. The van der Waals surface area contributed by atoms with E-state index in [0.29, 0.717) is 34.8 Å². The zero-order valence-electron chi connectivity index (χ0n) is 38.5. The first-order valence-corrected chi connectivity index (χ1v) is 23.3. The normalized spacial score (nSPS) is 25.2. The van der Waals surface area contributed by atoms with E-state index in [0.717, 1.165) is 64.1 Å². The number of rotatable bonds is 10. The Morgan fingerprint density at radius 3 is 2.55 bits per heavy atom. The number of morpholine rings is 1. The number of aryl methyl sites for hydroxylation is 1. The molecule has 1 unspecified atom stereocenters. The lowest BCUT2D eigenvalue weighted by atomic mass is 9.30. The fourth-order valence-electron chi connectivity index (χ4n) is 11.8. The molecule has 23 heteroatoms. The first-order valence-electron chi connectivity index (χ1n) is 23.3. The minimum atomic E-state index is -2.90. The number of hydrogen-bond acceptors (Lipinski definition) is 11. The molecule has 17 nitrogen and oxygen atoms in total. The third-order valence-corrected chi connectivity index (χ3v) is 15.0. The number of ether oxygens (including phenoxy) is 2. The van der Waals surface area contributed by atoms with Gasteiger partial charge in [-0.05, 0) is 69.2 Å². The Labute approximate surface area is 389 Å². The maximum atomic E-state index is 14.6. The third-order valence-electron chi connectivity index (χ3n) is 15.0. The van der Waals surface area contributed by atoms with Gasteiger partial charge >= 0.3 is 5.69 Å². The first-order chi connectivity index (χ1) is 32.0. The fraction of sp³-hybridized carbons (Fsp3) is 0.523. The predicted molar refractivity (Wildman–Crippen MR) is 256 cm³/mol. The molecule has 0 radical (unpaired) electrons. The molecule has 1 aliphatic carbocycles. The van der Waals surface area contributed by atoms with Gasteiger partial charge < -0.3 is 24.6 Å². The molecule has 5 aromatic rings. The molecule has 346 valence electrons. The van der Waals surface area contributed by atoms with Crippen LogP contribution in [0.3, 0.4) is 0 Å². The number of amides is 3. The van der Waals surface area contributed by atoms with E-state index in [-0.39, 0.29) is 77.0 Å². The Bertz CT molecular complexity index is 2880. The zero-order valence-corrected chi connectivity index (χ0v) is 38.5. The molecule has 5 aliphatic rings. The number of imidazole rings is 1. The Morgan fingerprint density at radius 1 is 1.07 bits per heavy atom. The van der Waals surface area contributed by atoms with E-state index < -0.39 is 30.0 Å². The predicted octanol–water partition coefficient (Wildman–Crippen LogP) is -0.0271. The summed E-state index contributed by atoms with van der Waals surface area (Å²) in [4.78, 5) is 60.9. The van der Waals surface area contributed by atoms with Gasteiger partial charge in [-0.25, -0.2) is 23.1 Å². The van der Waals surface area contributed by atoms with Crippen molar-refractivity contribution >= 4 is 77.3 Å². The molecule has 4 saturated heterocycles. The fourth-order valence-corrected chi connectivity index (χ4v) is 11.8. The van der Waals surface area contributed by atoms with Crippen LogP contribution in [0.1, 0.15) is 85.1 Å². The van der Waals surface area contributed by atoms with E-state index in [1.54, 1.807) is 30.2 Å². The van der Waals surface area contributed by atoms with Crippen LogP contribution in [0.5, 0.6) is 0 Å². The highest BCUT2D eigenvalue weighted by Crippen LogP contribution is 2.57. The van der Waals surface area contributed by atoms with Crippen LogP contribution < -0.4 is 21.2 Å². The highest BCUT2D eigenvalue weighted by atomic mass is 19.3. The lowest BCUT2D eigenvalue weighted by Gasteiger charge is -2.54. The molecular weight excluding hydrogens is 860 g/mol. The topological polar surface area (TPSA) is 175 Å². The van der Waals surface area contributed by atoms with Crippen molar-refractivity contribution in [2.75, 3.05) is 49.6 Å². The molecule has 10 rings (SSSR count). The van der Waals surface area contributed by atoms with Crippen LogP contribution in [0.25, 0.3) is 16.7 Å². The van der Waals surface area contributed by atoms with E-state index in [4.69, 9.17) is 14.5 Å². The van der Waals surface area contributed by atoms with Gasteiger partial charge in [0.15, 0.2) is 11.3 Å². The summed E-state index contributed by atoms with van der Waals surface area (Å²) in [5.41, 5.74) is 1.57. The molecule has 1 saturated carbocycles. The van der Waals surface area contributed by atoms with Crippen LogP contribution in [0.4, 0.5) is 20.3 Å². The van der Waals surface area contributed by atoms with Gasteiger partial charge in [-0.1, -0.05) is 28.3 Å². The third kappa shape index (κ3) is 8.49. The second-order valence-corrected chi connectivity index (χ2v) is 20.3. The number of nitrogens with one attached hydrogen (secondary N) is 2. The summed E-state index contributed by atoms with van der Waals surface area (Å²) < 4.78 is 47.3. The number of carbonyl (C=O) groups excluding carboxylic acids is 3. The van der Waals surface area contributed by atoms with Crippen LogP contribution in [0.2, 0.25) is 10.4 Å². The van der Waals surface area contributed by atoms with Crippen molar-refractivity contribution in [2.24, 2.45) is 13.0 Å². The van der Waals surface area contributed by atoms with Crippen molar-refractivity contribution in [1.29, 1.82) is 0 Å². The molecule has 3 amide bonds. The van der Waals surface area contributed by atoms with E-state index in [2.05, 4.69) is 73.9 Å². The van der Waals surface area contributed by atoms with E-state index in [1.807, 2.05) is 18.2 Å². The number of aromatic nitrogens is 7. The summed E-state index contributed by atoms with van der Waals surface area (Å²) >= 11 is 0. The average Bonchev–Trinajstić information content (AvgIpc) is 4.14. The Kier molecular flexibility index (Phi) is 11.7. The van der Waals surface area contributed by atoms with Crippen molar-refractivity contribution in [3.8, 4) is 11.8 Å². The molecule has 8 heterocycles. The standard InChI is InChI=1S/C44H53B4F2N11O6/c1-56-37-24(4-2-6-31(37)61(42(56)65)32-7-8-35(62)54-41(32)64)5-3-15-66-27-9-12-57(13-10-27)22-33-43(45,46)17-26(18-44(33,47)48)60-21-30(36(55-60)38(49)50)52-40(63)29-19-51-59-14-11-34(53-39(29)59)58-20-28-16-25(58)23-67-28/h2,4,6,11,14,19,21,25-28,32-33,38H,7-10,12-13,15-18,20,22-23,45-48H2,1H3,(H,52,63)(H,54,62,64)/t25-,26-,28-,32?,33-/m1/s1. The number of anilines is 2. The number of nitrogens with zero attached hydrogens (tertiary/aromatic N) is 9. The number of carbonyl (C=O) groups is 3. The number of likely N-dealkylation sites (tertiary alicyclic amines) is 1. The SMILES string of the molecule is BC1(B)C[C@H](n2cc(NC(=O)c3cnn4ccc(N5C[C@H]6C[C@@H]5CO6)nc34)c(C(F)F)n2)CC(B)(B)[C@H]1CN1CCC(OCC#Cc2cccc3c2n(C)c(=O)n3C2CCC(=O)NC2=O)CC1. The summed E-state index contributed by atoms with van der Waals surface area (Å²) in [6, 6.07) is 6.61. The molecule has 0 spiro atoms. The van der Waals surface area contributed by atoms with Crippen molar-refractivity contribution in [3.63, 3.8) is 0 Å². The second-order valence-electron chi connectivity index (χ2n) is 20.3. The van der Waals surface area contributed by atoms with Crippen LogP contribution in [0.15, 0.2) is 47.7 Å². The second kappa shape index (κ2) is 17.4. The Hall–Kier alpha value is -5.71. The largest absolute Gasteiger partial charge is 0.374 e. The van der Waals surface area contributed by atoms with Crippen LogP contribution >= 0.6 is 0 Å². The van der Waals surface area contributed by atoms with Gasteiger partial charge in [-0.2, -0.15) is 10.2 Å². The van der Waals surface area contributed by atoms with Crippen molar-refractivity contribution < 1.29 is 32.6 Å². The van der Waals surface area contributed by atoms with Gasteiger partial charge in [0, 0.05) is 45.5 Å². The summed E-state index contributed by atoms with van der Waals surface area (Å²) in [6.45, 7) is 4.23. The Balaban J connectivity index is 0.752. The summed E-state index contributed by atoms with van der Waals surface area (Å²) in [5, 5.41) is 13.5. The molecule has 67 heavy (non-hydrogen) atoms.